The number of hydrogen-bond acceptors (Lipinski definition) is 6. The number of hydrogen-bond donors (Lipinski definition) is 2. The predicted octanol–water partition coefficient (Wildman–Crippen LogP) is 4.16. The Labute approximate surface area is 172 Å². The molecule has 3 aromatic rings. The van der Waals surface area contributed by atoms with Crippen molar-refractivity contribution in [3.8, 4) is 11.5 Å². The maximum atomic E-state index is 13.1. The van der Waals surface area contributed by atoms with Crippen LogP contribution in [0.5, 0.6) is 11.5 Å². The van der Waals surface area contributed by atoms with Crippen molar-refractivity contribution in [1.82, 2.24) is 0 Å². The van der Waals surface area contributed by atoms with E-state index in [2.05, 4.69) is 5.32 Å². The van der Waals surface area contributed by atoms with Gasteiger partial charge in [-0.05, 0) is 36.8 Å². The third kappa shape index (κ3) is 3.49. The third-order valence-corrected chi connectivity index (χ3v) is 7.82. The minimum absolute atomic E-state index is 0.0228. The molecule has 29 heavy (non-hydrogen) atoms. The molecule has 0 unspecified atom stereocenters. The first kappa shape index (κ1) is 19.5. The molecular weight excluding hydrogens is 410 g/mol. The maximum Gasteiger partial charge on any atom is 0.225 e. The Morgan fingerprint density at radius 2 is 1.97 bits per heavy atom. The zero-order valence-corrected chi connectivity index (χ0v) is 17.2. The minimum Gasteiger partial charge on any atom is -0.504 e. The Morgan fingerprint density at radius 3 is 2.69 bits per heavy atom. The van der Waals surface area contributed by atoms with Crippen molar-refractivity contribution in [2.24, 2.45) is 0 Å². The van der Waals surface area contributed by atoms with Crippen molar-refractivity contribution in [1.29, 1.82) is 0 Å². The van der Waals surface area contributed by atoms with Crippen LogP contribution in [0.2, 0.25) is 0 Å². The Bertz CT molecular complexity index is 1170. The van der Waals surface area contributed by atoms with Crippen molar-refractivity contribution in [2.45, 2.75) is 29.1 Å². The summed E-state index contributed by atoms with van der Waals surface area (Å²) in [6.07, 6.45) is 0.189. The number of anilines is 1. The van der Waals surface area contributed by atoms with Crippen LogP contribution >= 0.6 is 11.3 Å². The van der Waals surface area contributed by atoms with Crippen LogP contribution in [0.4, 0.5) is 5.69 Å². The van der Waals surface area contributed by atoms with E-state index in [1.54, 1.807) is 35.7 Å². The van der Waals surface area contributed by atoms with E-state index in [0.29, 0.717) is 18.0 Å². The number of phenols is 1. The summed E-state index contributed by atoms with van der Waals surface area (Å²) >= 11 is 1.30. The predicted molar refractivity (Wildman–Crippen MR) is 111 cm³/mol. The summed E-state index contributed by atoms with van der Waals surface area (Å²) in [4.78, 5) is 13.5. The summed E-state index contributed by atoms with van der Waals surface area (Å²) in [5.41, 5.74) is 1.12. The maximum absolute atomic E-state index is 13.1. The van der Waals surface area contributed by atoms with E-state index in [1.165, 1.54) is 29.5 Å². The van der Waals surface area contributed by atoms with Gasteiger partial charge in [-0.2, -0.15) is 0 Å². The van der Waals surface area contributed by atoms with Crippen LogP contribution in [0.1, 0.15) is 29.7 Å². The fourth-order valence-corrected chi connectivity index (χ4v) is 6.35. The summed E-state index contributed by atoms with van der Waals surface area (Å²) in [5.74, 6) is -0.208. The molecule has 8 heteroatoms. The van der Waals surface area contributed by atoms with Crippen molar-refractivity contribution in [3.63, 3.8) is 0 Å². The van der Waals surface area contributed by atoms with Gasteiger partial charge in [0.15, 0.2) is 11.5 Å². The molecule has 0 fully saturated rings. The molecule has 1 aliphatic heterocycles. The van der Waals surface area contributed by atoms with E-state index in [0.717, 1.165) is 10.4 Å². The highest BCUT2D eigenvalue weighted by molar-refractivity contribution is 7.91. The van der Waals surface area contributed by atoms with Gasteiger partial charge in [-0.15, -0.1) is 11.3 Å². The normalized spacial score (nSPS) is 16.2. The number of amides is 1. The fourth-order valence-electron chi connectivity index (χ4n) is 3.42. The summed E-state index contributed by atoms with van der Waals surface area (Å²) in [6, 6.07) is 13.1. The van der Waals surface area contributed by atoms with Gasteiger partial charge in [0.05, 0.1) is 17.2 Å². The molecular formula is C21H19NO5S2. The third-order valence-electron chi connectivity index (χ3n) is 4.79. The summed E-state index contributed by atoms with van der Waals surface area (Å²) in [7, 11) is -3.76. The molecule has 6 nitrogen and oxygen atoms in total. The van der Waals surface area contributed by atoms with E-state index in [-0.39, 0.29) is 33.8 Å². The van der Waals surface area contributed by atoms with Crippen LogP contribution in [-0.2, 0) is 14.6 Å². The van der Waals surface area contributed by atoms with Gasteiger partial charge in [0.1, 0.15) is 4.90 Å². The molecule has 2 aromatic carbocycles. The Balaban J connectivity index is 1.81. The lowest BCUT2D eigenvalue weighted by Gasteiger charge is -2.24. The average Bonchev–Trinajstić information content (AvgIpc) is 3.14. The Kier molecular flexibility index (Phi) is 5.06. The average molecular weight is 430 g/mol. The van der Waals surface area contributed by atoms with Crippen LogP contribution in [0.15, 0.2) is 63.7 Å². The monoisotopic (exact) mass is 429 g/mol. The first-order chi connectivity index (χ1) is 13.9. The van der Waals surface area contributed by atoms with E-state index in [4.69, 9.17) is 4.74 Å². The molecule has 1 amide bonds. The molecule has 0 bridgehead atoms. The first-order valence-electron chi connectivity index (χ1n) is 9.09. The van der Waals surface area contributed by atoms with Gasteiger partial charge in [0, 0.05) is 22.6 Å². The van der Waals surface area contributed by atoms with Crippen molar-refractivity contribution < 1.29 is 23.1 Å². The second-order valence-electron chi connectivity index (χ2n) is 6.62. The van der Waals surface area contributed by atoms with E-state index in [9.17, 15) is 18.3 Å². The Hall–Kier alpha value is -2.84. The molecule has 0 saturated heterocycles. The van der Waals surface area contributed by atoms with Gasteiger partial charge in [0.25, 0.3) is 0 Å². The van der Waals surface area contributed by atoms with E-state index < -0.39 is 9.84 Å². The highest BCUT2D eigenvalue weighted by Crippen LogP contribution is 2.46. The molecule has 0 saturated carbocycles. The molecule has 4 rings (SSSR count). The quantitative estimate of drug-likeness (QED) is 0.635. The second kappa shape index (κ2) is 7.53. The summed E-state index contributed by atoms with van der Waals surface area (Å²) < 4.78 is 31.7. The smallest absolute Gasteiger partial charge is 0.225 e. The van der Waals surface area contributed by atoms with Crippen molar-refractivity contribution >= 4 is 32.8 Å². The minimum atomic E-state index is -3.76. The zero-order valence-electron chi connectivity index (χ0n) is 15.6. The molecule has 1 aromatic heterocycles. The number of benzene rings is 2. The molecule has 2 N–H and O–H groups in total. The van der Waals surface area contributed by atoms with Gasteiger partial charge in [0.2, 0.25) is 15.7 Å². The van der Waals surface area contributed by atoms with Gasteiger partial charge in [-0.25, -0.2) is 8.42 Å². The lowest BCUT2D eigenvalue weighted by molar-refractivity contribution is -0.116. The SMILES string of the molecule is CCOc1cc([C@@H]2CC(=O)Nc3c(S(=O)(=O)c4ccccc4)csc32)ccc1O. The molecule has 0 spiro atoms. The van der Waals surface area contributed by atoms with Gasteiger partial charge in [-0.3, -0.25) is 4.79 Å². The molecule has 150 valence electrons. The molecule has 2 heterocycles. The lowest BCUT2D eigenvalue weighted by Crippen LogP contribution is -2.23. The lowest BCUT2D eigenvalue weighted by atomic mass is 9.90. The number of carbonyl (C=O) groups excluding carboxylic acids is 1. The van der Waals surface area contributed by atoms with E-state index >= 15 is 0 Å². The number of carbonyl (C=O) groups is 1. The fraction of sp³-hybridized carbons (Fsp3) is 0.190. The number of phenolic OH excluding ortho intramolecular Hbond substituents is 1. The summed E-state index contributed by atoms with van der Waals surface area (Å²) in [5, 5.41) is 14.3. The number of fused-ring (bicyclic) bond motifs is 1. The molecule has 0 aliphatic carbocycles. The number of ether oxygens (including phenoxy) is 1. The van der Waals surface area contributed by atoms with Crippen molar-refractivity contribution in [3.05, 3.63) is 64.4 Å². The highest BCUT2D eigenvalue weighted by Gasteiger charge is 2.34. The van der Waals surface area contributed by atoms with Crippen LogP contribution in [-0.4, -0.2) is 26.0 Å². The first-order valence-corrected chi connectivity index (χ1v) is 11.4. The summed E-state index contributed by atoms with van der Waals surface area (Å²) in [6.45, 7) is 2.21. The number of nitrogens with one attached hydrogen (secondary N) is 1. The van der Waals surface area contributed by atoms with E-state index in [1.807, 2.05) is 6.92 Å². The van der Waals surface area contributed by atoms with Crippen LogP contribution < -0.4 is 10.1 Å². The number of sulfone groups is 1. The number of rotatable bonds is 5. The van der Waals surface area contributed by atoms with Crippen LogP contribution in [0.3, 0.4) is 0 Å². The van der Waals surface area contributed by atoms with Gasteiger partial charge in [-0.1, -0.05) is 24.3 Å². The molecule has 1 atom stereocenters. The zero-order chi connectivity index (χ0) is 20.6. The van der Waals surface area contributed by atoms with Gasteiger partial charge < -0.3 is 15.2 Å². The highest BCUT2D eigenvalue weighted by atomic mass is 32.2. The van der Waals surface area contributed by atoms with Crippen LogP contribution in [0.25, 0.3) is 0 Å². The Morgan fingerprint density at radius 1 is 1.21 bits per heavy atom. The number of thiophene rings is 1. The molecule has 0 radical (unpaired) electrons. The van der Waals surface area contributed by atoms with Crippen LogP contribution in [0, 0.1) is 0 Å². The molecule has 1 aliphatic rings. The van der Waals surface area contributed by atoms with Gasteiger partial charge >= 0.3 is 0 Å². The second-order valence-corrected chi connectivity index (χ2v) is 9.45. The standard InChI is InChI=1S/C21H19NO5S2/c1-2-27-17-10-13(8-9-16(17)23)15-11-19(24)22-20-18(12-28-21(15)20)29(25,26)14-6-4-3-5-7-14/h3-10,12,15,23H,2,11H2,1H3,(H,22,24)/t15-/m0/s1. The topological polar surface area (TPSA) is 92.7 Å². The largest absolute Gasteiger partial charge is 0.504 e. The van der Waals surface area contributed by atoms with Crippen molar-refractivity contribution in [2.75, 3.05) is 11.9 Å². The number of aromatic hydroxyl groups is 1.